The van der Waals surface area contributed by atoms with Gasteiger partial charge in [-0.25, -0.2) is 4.79 Å². The number of carboxylic acid groups (broad SMARTS) is 1. The third-order valence-corrected chi connectivity index (χ3v) is 20.0. The fraction of sp³-hybridized carbons (Fsp3) is 0.392. The monoisotopic (exact) mass is 1300 g/mol. The molecule has 496 valence electrons. The standard InChI is InChI=1S/C34H35N7O3.C34H36N6O4.C6H10O2/c1-35-34(11-12-34)32(44)40-16-13-33(14-17-40)25-10-15-36-20-28(25)41(31(33)43)21-27-29(24-7-5-4-6-22(24)18-38-27)23-8-9-26(37-19-23)30(42)39(2)3;1-33(2,3)44-32(43)39-16-13-34(14-17-39)25-12-15-35-20-28(25)40(31(34)42)21-27-29(24-9-7-6-8-22(24)18-37-27)23-10-11-26(36-19-23)30(41)38(4)5;1-2-6(3-4-6)5(7)8/h4-10,15,18-20,35H,11-14,16-17,21H2,1-3H3;6-12,15,18-20H,13-14,16-17,21H2,1-5H3;2-4H2,1H3,(H,7,8). The fourth-order valence-corrected chi connectivity index (χ4v) is 14.0. The number of amides is 6. The number of carbonyl (C=O) groups excluding carboxylic acids is 6. The summed E-state index contributed by atoms with van der Waals surface area (Å²) in [6, 6.07) is 27.1. The number of likely N-dealkylation sites (tertiary alicyclic amines) is 2. The highest BCUT2D eigenvalue weighted by Crippen LogP contribution is 2.52. The molecule has 0 atom stereocenters. The summed E-state index contributed by atoms with van der Waals surface area (Å²) in [7, 11) is 8.63. The Hall–Kier alpha value is -10.1. The van der Waals surface area contributed by atoms with Crippen molar-refractivity contribution < 1.29 is 43.4 Å². The molecule has 2 N–H and O–H groups in total. The van der Waals surface area contributed by atoms with Gasteiger partial charge < -0.3 is 44.6 Å². The van der Waals surface area contributed by atoms with E-state index in [0.29, 0.717) is 68.9 Å². The molecule has 6 amide bonds. The van der Waals surface area contributed by atoms with Crippen molar-refractivity contribution in [1.82, 2.24) is 54.8 Å². The zero-order chi connectivity index (χ0) is 68.1. The van der Waals surface area contributed by atoms with E-state index < -0.39 is 27.9 Å². The average Bonchev–Trinajstić information content (AvgIpc) is 1.56. The number of fused-ring (bicyclic) bond motifs is 6. The number of anilines is 2. The average molecular weight is 1300 g/mol. The number of aromatic nitrogens is 6. The molecule has 22 nitrogen and oxygen atoms in total. The highest BCUT2D eigenvalue weighted by molar-refractivity contribution is 6.10. The van der Waals surface area contributed by atoms with Crippen molar-refractivity contribution in [3.63, 3.8) is 0 Å². The number of carbonyl (C=O) groups is 7. The van der Waals surface area contributed by atoms with Crippen LogP contribution >= 0.6 is 0 Å². The van der Waals surface area contributed by atoms with Crippen LogP contribution in [0.1, 0.15) is 129 Å². The molecule has 22 heteroatoms. The lowest BCUT2D eigenvalue weighted by Gasteiger charge is -2.39. The summed E-state index contributed by atoms with van der Waals surface area (Å²) < 4.78 is 5.59. The number of nitrogens with zero attached hydrogens (tertiary/aromatic N) is 12. The lowest BCUT2D eigenvalue weighted by molar-refractivity contribution is -0.143. The van der Waals surface area contributed by atoms with Gasteiger partial charge in [-0.15, -0.1) is 0 Å². The zero-order valence-electron chi connectivity index (χ0n) is 55.9. The normalized spacial score (nSPS) is 17.4. The summed E-state index contributed by atoms with van der Waals surface area (Å²) in [5, 5.41) is 15.6. The minimum atomic E-state index is -0.760. The molecule has 4 aliphatic heterocycles. The topological polar surface area (TPSA) is 258 Å². The van der Waals surface area contributed by atoms with Crippen LogP contribution in [-0.4, -0.2) is 169 Å². The minimum Gasteiger partial charge on any atom is -0.481 e. The number of hydrogen-bond donors (Lipinski definition) is 2. The molecule has 14 rings (SSSR count). The van der Waals surface area contributed by atoms with Crippen molar-refractivity contribution >= 4 is 74.5 Å². The quantitative estimate of drug-likeness (QED) is 0.115. The Bertz CT molecular complexity index is 4350. The maximum atomic E-state index is 14.5. The number of benzene rings is 2. The van der Waals surface area contributed by atoms with E-state index in [1.54, 1.807) is 87.3 Å². The summed E-state index contributed by atoms with van der Waals surface area (Å²) in [5.74, 6) is -0.814. The van der Waals surface area contributed by atoms with Crippen molar-refractivity contribution in [3.8, 4) is 22.3 Å². The first-order chi connectivity index (χ1) is 46.0. The Morgan fingerprint density at radius 2 is 1.00 bits per heavy atom. The van der Waals surface area contributed by atoms with Gasteiger partial charge in [0.2, 0.25) is 17.7 Å². The van der Waals surface area contributed by atoms with Gasteiger partial charge in [-0.3, -0.25) is 58.7 Å². The van der Waals surface area contributed by atoms with Crippen LogP contribution < -0.4 is 15.1 Å². The highest BCUT2D eigenvalue weighted by Gasteiger charge is 2.57. The van der Waals surface area contributed by atoms with Crippen LogP contribution in [0.4, 0.5) is 16.2 Å². The number of carboxylic acids is 1. The van der Waals surface area contributed by atoms with Crippen LogP contribution in [-0.2, 0) is 47.8 Å². The maximum Gasteiger partial charge on any atom is 0.410 e. The van der Waals surface area contributed by atoms with Crippen LogP contribution in [0, 0.1) is 5.41 Å². The summed E-state index contributed by atoms with van der Waals surface area (Å²) in [6.07, 6.45) is 20.1. The summed E-state index contributed by atoms with van der Waals surface area (Å²) in [6.45, 7) is 9.86. The van der Waals surface area contributed by atoms with E-state index >= 15 is 0 Å². The molecular weight excluding hydrogens is 1210 g/mol. The predicted octanol–water partition coefficient (Wildman–Crippen LogP) is 10.0. The van der Waals surface area contributed by atoms with Gasteiger partial charge in [0.25, 0.3) is 11.8 Å². The molecule has 2 spiro atoms. The number of aliphatic carboxylic acids is 1. The molecule has 2 saturated heterocycles. The summed E-state index contributed by atoms with van der Waals surface area (Å²) in [4.78, 5) is 128. The van der Waals surface area contributed by atoms with E-state index in [9.17, 15) is 33.6 Å². The largest absolute Gasteiger partial charge is 0.481 e. The van der Waals surface area contributed by atoms with Gasteiger partial charge in [-0.05, 0) is 132 Å². The molecule has 96 heavy (non-hydrogen) atoms. The van der Waals surface area contributed by atoms with E-state index in [1.165, 1.54) is 9.80 Å². The lowest BCUT2D eigenvalue weighted by Crippen LogP contribution is -2.54. The number of rotatable bonds is 12. The molecule has 0 unspecified atom stereocenters. The Labute approximate surface area is 558 Å². The smallest absolute Gasteiger partial charge is 0.410 e. The van der Waals surface area contributed by atoms with E-state index in [-0.39, 0.29) is 54.1 Å². The highest BCUT2D eigenvalue weighted by atomic mass is 16.6. The molecule has 10 heterocycles. The Kier molecular flexibility index (Phi) is 17.8. The van der Waals surface area contributed by atoms with E-state index in [4.69, 9.17) is 19.8 Å². The number of pyridine rings is 6. The Morgan fingerprint density at radius 1 is 0.562 bits per heavy atom. The fourth-order valence-electron chi connectivity index (χ4n) is 14.0. The van der Waals surface area contributed by atoms with Gasteiger partial charge in [-0.1, -0.05) is 67.6 Å². The van der Waals surface area contributed by atoms with Crippen molar-refractivity contribution in [1.29, 1.82) is 0 Å². The van der Waals surface area contributed by atoms with Crippen molar-refractivity contribution in [2.75, 3.05) is 71.2 Å². The van der Waals surface area contributed by atoms with Crippen LogP contribution in [0.25, 0.3) is 43.8 Å². The SMILES string of the molecule is CCC1(C(=O)O)CC1.CN(C)C(=O)c1ccc(-c2c(CN3C(=O)C4(CCN(C(=O)OC(C)(C)C)CC4)c4ccncc43)ncc3ccccc23)cn1.CNC1(C(=O)N2CCC3(CC2)C(=O)N(Cc2ncc4ccccc4c2-c2ccc(C(=O)N(C)C)nc2)c2cnccc23)CC1. The second-order valence-electron chi connectivity index (χ2n) is 27.4. The molecule has 2 aliphatic carbocycles. The van der Waals surface area contributed by atoms with E-state index in [2.05, 4.69) is 25.3 Å². The second kappa shape index (κ2) is 25.9. The van der Waals surface area contributed by atoms with Gasteiger partial charge in [0.1, 0.15) is 17.0 Å². The van der Waals surface area contributed by atoms with Crippen molar-refractivity contribution in [3.05, 3.63) is 168 Å². The van der Waals surface area contributed by atoms with Gasteiger partial charge in [0, 0.05) is 125 Å². The lowest BCUT2D eigenvalue weighted by atomic mass is 9.74. The van der Waals surface area contributed by atoms with Crippen LogP contribution in [0.15, 0.2) is 135 Å². The second-order valence-corrected chi connectivity index (χ2v) is 27.4. The summed E-state index contributed by atoms with van der Waals surface area (Å²) >= 11 is 0. The van der Waals surface area contributed by atoms with Gasteiger partial charge in [0.05, 0.1) is 70.0 Å². The first-order valence-corrected chi connectivity index (χ1v) is 32.8. The number of nitrogens with one attached hydrogen (secondary N) is 1. The molecule has 2 aromatic carbocycles. The Morgan fingerprint density at radius 3 is 1.35 bits per heavy atom. The first kappa shape index (κ1) is 66.0. The van der Waals surface area contributed by atoms with Crippen molar-refractivity contribution in [2.45, 2.75) is 121 Å². The van der Waals surface area contributed by atoms with Gasteiger partial charge in [-0.2, -0.15) is 0 Å². The van der Waals surface area contributed by atoms with E-state index in [0.717, 1.165) is 104 Å². The third-order valence-electron chi connectivity index (χ3n) is 20.0. The molecular formula is C74H81N13O9. The molecule has 4 fully saturated rings. The van der Waals surface area contributed by atoms with Crippen molar-refractivity contribution in [2.24, 2.45) is 5.41 Å². The maximum absolute atomic E-state index is 14.5. The molecule has 8 aromatic rings. The molecule has 6 aromatic heterocycles. The molecule has 0 bridgehead atoms. The van der Waals surface area contributed by atoms with Crippen LogP contribution in [0.2, 0.25) is 0 Å². The predicted molar refractivity (Wildman–Crippen MR) is 364 cm³/mol. The third kappa shape index (κ3) is 12.3. The first-order valence-electron chi connectivity index (χ1n) is 32.8. The van der Waals surface area contributed by atoms with Crippen LogP contribution in [0.5, 0.6) is 0 Å². The summed E-state index contributed by atoms with van der Waals surface area (Å²) in [5.41, 5.74) is 6.17. The number of ether oxygens (including phenoxy) is 1. The van der Waals surface area contributed by atoms with Gasteiger partial charge >= 0.3 is 12.1 Å². The molecule has 2 saturated carbocycles. The molecule has 0 radical (unpaired) electrons. The number of hydrogen-bond acceptors (Lipinski definition) is 15. The van der Waals surface area contributed by atoms with E-state index in [1.807, 2.05) is 130 Å². The number of piperidine rings is 2. The number of likely N-dealkylation sites (N-methyl/N-ethyl adjacent to an activating group) is 1. The molecule has 6 aliphatic rings. The Balaban J connectivity index is 0.000000164. The van der Waals surface area contributed by atoms with Crippen LogP contribution in [0.3, 0.4) is 0 Å². The minimum absolute atomic E-state index is 0.0182. The van der Waals surface area contributed by atoms with Gasteiger partial charge in [0.15, 0.2) is 0 Å². The zero-order valence-corrected chi connectivity index (χ0v) is 55.9.